The highest BCUT2D eigenvalue weighted by molar-refractivity contribution is 5.58. The molecule has 0 saturated heterocycles. The Labute approximate surface area is 154 Å². The molecule has 1 N–H and O–H groups in total. The smallest absolute Gasteiger partial charge is 0.130 e. The molecule has 0 aliphatic rings. The molecule has 0 saturated carbocycles. The predicted molar refractivity (Wildman–Crippen MR) is 103 cm³/mol. The van der Waals surface area contributed by atoms with Crippen molar-refractivity contribution in [3.8, 4) is 17.1 Å². The highest BCUT2D eigenvalue weighted by atomic mass is 16.5. The van der Waals surface area contributed by atoms with Gasteiger partial charge in [0.1, 0.15) is 17.4 Å². The predicted octanol–water partition coefficient (Wildman–Crippen LogP) is 3.86. The molecule has 6 heteroatoms. The number of aryl methyl sites for hydroxylation is 3. The van der Waals surface area contributed by atoms with Crippen LogP contribution in [0.1, 0.15) is 24.7 Å². The van der Waals surface area contributed by atoms with Crippen LogP contribution < -0.4 is 10.1 Å². The highest BCUT2D eigenvalue weighted by Crippen LogP contribution is 2.19. The summed E-state index contributed by atoms with van der Waals surface area (Å²) in [6.45, 7) is 8.29. The van der Waals surface area contributed by atoms with E-state index in [9.17, 15) is 0 Å². The average Bonchev–Trinajstić information content (AvgIpc) is 3.10. The Morgan fingerprint density at radius 1 is 1.12 bits per heavy atom. The van der Waals surface area contributed by atoms with Crippen LogP contribution in [0.2, 0.25) is 0 Å². The molecule has 3 aromatic rings. The second-order valence-corrected chi connectivity index (χ2v) is 6.16. The molecule has 136 valence electrons. The van der Waals surface area contributed by atoms with Crippen molar-refractivity contribution in [1.82, 2.24) is 19.7 Å². The van der Waals surface area contributed by atoms with Crippen LogP contribution in [0.15, 0.2) is 42.6 Å². The van der Waals surface area contributed by atoms with Gasteiger partial charge in [0.2, 0.25) is 0 Å². The number of anilines is 1. The van der Waals surface area contributed by atoms with Gasteiger partial charge in [-0.2, -0.15) is 5.10 Å². The molecule has 0 fully saturated rings. The third-order valence-electron chi connectivity index (χ3n) is 4.00. The zero-order valence-corrected chi connectivity index (χ0v) is 15.6. The minimum Gasteiger partial charge on any atom is -0.494 e. The molecule has 0 aliphatic heterocycles. The maximum absolute atomic E-state index is 5.78. The van der Waals surface area contributed by atoms with E-state index in [-0.39, 0.29) is 0 Å². The first-order valence-electron chi connectivity index (χ1n) is 8.97. The SMILES string of the molecule is CCn1nccc1-c1cc(NCCCOc2cccc(C)c2)nc(C)n1. The first kappa shape index (κ1) is 17.9. The van der Waals surface area contributed by atoms with Crippen LogP contribution in [0.4, 0.5) is 5.82 Å². The van der Waals surface area contributed by atoms with Crippen molar-refractivity contribution < 1.29 is 4.74 Å². The fourth-order valence-electron chi connectivity index (χ4n) is 2.78. The number of hydrogen-bond acceptors (Lipinski definition) is 5. The molecule has 1 aromatic carbocycles. The van der Waals surface area contributed by atoms with Crippen LogP contribution in [-0.4, -0.2) is 32.9 Å². The number of aromatic nitrogens is 4. The van der Waals surface area contributed by atoms with Crippen molar-refractivity contribution in [3.05, 3.63) is 54.0 Å². The minimum absolute atomic E-state index is 0.663. The maximum Gasteiger partial charge on any atom is 0.130 e. The van der Waals surface area contributed by atoms with Gasteiger partial charge in [-0.1, -0.05) is 12.1 Å². The van der Waals surface area contributed by atoms with E-state index in [1.807, 2.05) is 41.9 Å². The van der Waals surface area contributed by atoms with Gasteiger partial charge in [-0.25, -0.2) is 9.97 Å². The number of benzene rings is 1. The summed E-state index contributed by atoms with van der Waals surface area (Å²) in [6, 6.07) is 12.0. The van der Waals surface area contributed by atoms with Gasteiger partial charge in [0, 0.05) is 25.4 Å². The number of rotatable bonds is 8. The van der Waals surface area contributed by atoms with Crippen molar-refractivity contribution in [2.45, 2.75) is 33.7 Å². The first-order valence-corrected chi connectivity index (χ1v) is 8.97. The van der Waals surface area contributed by atoms with Gasteiger partial charge in [0.25, 0.3) is 0 Å². The summed E-state index contributed by atoms with van der Waals surface area (Å²) >= 11 is 0. The molecule has 2 aromatic heterocycles. The quantitative estimate of drug-likeness (QED) is 0.624. The molecule has 0 radical (unpaired) electrons. The Bertz CT molecular complexity index is 859. The van der Waals surface area contributed by atoms with E-state index in [2.05, 4.69) is 40.3 Å². The lowest BCUT2D eigenvalue weighted by Crippen LogP contribution is -2.10. The summed E-state index contributed by atoms with van der Waals surface area (Å²) in [7, 11) is 0. The molecule has 3 rings (SSSR count). The van der Waals surface area contributed by atoms with Crippen LogP contribution in [0.5, 0.6) is 5.75 Å². The van der Waals surface area contributed by atoms with Crippen molar-refractivity contribution in [2.75, 3.05) is 18.5 Å². The summed E-state index contributed by atoms with van der Waals surface area (Å²) in [4.78, 5) is 9.01. The summed E-state index contributed by atoms with van der Waals surface area (Å²) in [5.41, 5.74) is 3.09. The number of nitrogens with one attached hydrogen (secondary N) is 1. The van der Waals surface area contributed by atoms with Crippen LogP contribution in [0.3, 0.4) is 0 Å². The zero-order valence-electron chi connectivity index (χ0n) is 15.6. The van der Waals surface area contributed by atoms with Gasteiger partial charge < -0.3 is 10.1 Å². The van der Waals surface area contributed by atoms with Gasteiger partial charge >= 0.3 is 0 Å². The first-order chi connectivity index (χ1) is 12.7. The largest absolute Gasteiger partial charge is 0.494 e. The molecule has 26 heavy (non-hydrogen) atoms. The lowest BCUT2D eigenvalue weighted by molar-refractivity contribution is 0.315. The van der Waals surface area contributed by atoms with Gasteiger partial charge in [-0.15, -0.1) is 0 Å². The molecule has 0 spiro atoms. The molecular formula is C20H25N5O. The van der Waals surface area contributed by atoms with Gasteiger partial charge in [0.15, 0.2) is 0 Å². The molecule has 0 unspecified atom stereocenters. The molecule has 0 amide bonds. The Morgan fingerprint density at radius 3 is 2.81 bits per heavy atom. The van der Waals surface area contributed by atoms with E-state index < -0.39 is 0 Å². The van der Waals surface area contributed by atoms with Crippen molar-refractivity contribution in [1.29, 1.82) is 0 Å². The Morgan fingerprint density at radius 2 is 2.00 bits per heavy atom. The van der Waals surface area contributed by atoms with E-state index in [0.717, 1.165) is 48.3 Å². The fraction of sp³-hybridized carbons (Fsp3) is 0.350. The number of nitrogens with zero attached hydrogens (tertiary/aromatic N) is 4. The lowest BCUT2D eigenvalue weighted by Gasteiger charge is -2.10. The van der Waals surface area contributed by atoms with Gasteiger partial charge in [0.05, 0.1) is 18.0 Å². The minimum atomic E-state index is 0.663. The number of ether oxygens (including phenoxy) is 1. The van der Waals surface area contributed by atoms with Crippen LogP contribution in [0, 0.1) is 13.8 Å². The molecule has 2 heterocycles. The normalized spacial score (nSPS) is 10.7. The highest BCUT2D eigenvalue weighted by Gasteiger charge is 2.08. The topological polar surface area (TPSA) is 64.9 Å². The van der Waals surface area contributed by atoms with Crippen molar-refractivity contribution >= 4 is 5.82 Å². The maximum atomic E-state index is 5.78. The average molecular weight is 351 g/mol. The molecule has 0 aliphatic carbocycles. The molecule has 6 nitrogen and oxygen atoms in total. The summed E-state index contributed by atoms with van der Waals surface area (Å²) < 4.78 is 7.71. The fourth-order valence-corrected chi connectivity index (χ4v) is 2.78. The Kier molecular flexibility index (Phi) is 5.84. The second-order valence-electron chi connectivity index (χ2n) is 6.16. The Balaban J connectivity index is 1.55. The molecule has 0 atom stereocenters. The van der Waals surface area contributed by atoms with Crippen molar-refractivity contribution in [3.63, 3.8) is 0 Å². The van der Waals surface area contributed by atoms with Crippen LogP contribution in [0.25, 0.3) is 11.4 Å². The lowest BCUT2D eigenvalue weighted by atomic mass is 10.2. The van der Waals surface area contributed by atoms with E-state index in [0.29, 0.717) is 6.61 Å². The summed E-state index contributed by atoms with van der Waals surface area (Å²) in [5, 5.41) is 7.67. The third kappa shape index (κ3) is 4.59. The van der Waals surface area contributed by atoms with Crippen LogP contribution in [-0.2, 0) is 6.54 Å². The molecule has 0 bridgehead atoms. The monoisotopic (exact) mass is 351 g/mol. The summed E-state index contributed by atoms with van der Waals surface area (Å²) in [5.74, 6) is 2.48. The number of hydrogen-bond donors (Lipinski definition) is 1. The Hall–Kier alpha value is -2.89. The van der Waals surface area contributed by atoms with E-state index in [1.165, 1.54) is 5.56 Å². The van der Waals surface area contributed by atoms with Gasteiger partial charge in [-0.3, -0.25) is 4.68 Å². The van der Waals surface area contributed by atoms with E-state index >= 15 is 0 Å². The third-order valence-corrected chi connectivity index (χ3v) is 4.00. The van der Waals surface area contributed by atoms with Gasteiger partial charge in [-0.05, 0) is 51.0 Å². The van der Waals surface area contributed by atoms with E-state index in [1.54, 1.807) is 6.20 Å². The standard InChI is InChI=1S/C20H25N5O/c1-4-25-19(9-11-22-25)18-14-20(24-16(3)23-18)21-10-6-12-26-17-8-5-7-15(2)13-17/h5,7-9,11,13-14H,4,6,10,12H2,1-3H3,(H,21,23,24). The van der Waals surface area contributed by atoms with Crippen molar-refractivity contribution in [2.24, 2.45) is 0 Å². The summed E-state index contributed by atoms with van der Waals surface area (Å²) in [6.07, 6.45) is 2.69. The van der Waals surface area contributed by atoms with E-state index in [4.69, 9.17) is 4.74 Å². The second kappa shape index (κ2) is 8.47. The molecular weight excluding hydrogens is 326 g/mol. The zero-order chi connectivity index (χ0) is 18.4. The van der Waals surface area contributed by atoms with Crippen LogP contribution >= 0.6 is 0 Å².